The maximum atomic E-state index is 11.7. The molecule has 0 aromatic rings. The van der Waals surface area contributed by atoms with Crippen LogP contribution in [-0.4, -0.2) is 38.5 Å². The zero-order valence-corrected chi connectivity index (χ0v) is 12.6. The highest BCUT2D eigenvalue weighted by atomic mass is 16.7. The van der Waals surface area contributed by atoms with Crippen molar-refractivity contribution in [1.29, 1.82) is 0 Å². The van der Waals surface area contributed by atoms with Crippen LogP contribution in [0.15, 0.2) is 0 Å². The molecule has 0 aliphatic rings. The van der Waals surface area contributed by atoms with Gasteiger partial charge in [0.2, 0.25) is 5.91 Å². The van der Waals surface area contributed by atoms with Gasteiger partial charge < -0.3 is 20.5 Å². The number of rotatable bonds is 12. The Labute approximate surface area is 117 Å². The highest BCUT2D eigenvalue weighted by molar-refractivity contribution is 5.75. The number of carbonyl (C=O) groups excluding carboxylic acids is 1. The minimum absolute atomic E-state index is 0.0554. The minimum atomic E-state index is -0.343. The van der Waals surface area contributed by atoms with E-state index in [2.05, 4.69) is 12.2 Å². The summed E-state index contributed by atoms with van der Waals surface area (Å²) in [6.07, 6.45) is 3.16. The fourth-order valence-corrected chi connectivity index (χ4v) is 1.95. The van der Waals surface area contributed by atoms with Crippen LogP contribution in [0.4, 0.5) is 0 Å². The van der Waals surface area contributed by atoms with Crippen LogP contribution < -0.4 is 11.1 Å². The molecule has 1 amide bonds. The van der Waals surface area contributed by atoms with E-state index in [1.54, 1.807) is 0 Å². The fourth-order valence-electron chi connectivity index (χ4n) is 1.95. The summed E-state index contributed by atoms with van der Waals surface area (Å²) in [5.74, 6) is 0.602. The first-order valence-corrected chi connectivity index (χ1v) is 7.37. The maximum Gasteiger partial charge on any atom is 0.220 e. The quantitative estimate of drug-likeness (QED) is 0.531. The SMILES string of the molecule is CCOC(CNC(=O)CCC(CC)CCN)OCC. The van der Waals surface area contributed by atoms with Gasteiger partial charge in [0.25, 0.3) is 0 Å². The number of amides is 1. The summed E-state index contributed by atoms with van der Waals surface area (Å²) >= 11 is 0. The van der Waals surface area contributed by atoms with Gasteiger partial charge in [-0.2, -0.15) is 0 Å². The first kappa shape index (κ1) is 18.4. The van der Waals surface area contributed by atoms with Crippen LogP contribution in [-0.2, 0) is 14.3 Å². The predicted octanol–water partition coefficient (Wildman–Crippen LogP) is 1.66. The number of carbonyl (C=O) groups is 1. The molecule has 0 fully saturated rings. The van der Waals surface area contributed by atoms with Gasteiger partial charge in [-0.25, -0.2) is 0 Å². The lowest BCUT2D eigenvalue weighted by Crippen LogP contribution is -2.35. The average molecular weight is 274 g/mol. The van der Waals surface area contributed by atoms with Gasteiger partial charge in [0.05, 0.1) is 6.54 Å². The van der Waals surface area contributed by atoms with E-state index in [1.165, 1.54) is 0 Å². The Morgan fingerprint density at radius 2 is 1.79 bits per heavy atom. The molecule has 0 saturated carbocycles. The molecule has 3 N–H and O–H groups in total. The Morgan fingerprint density at radius 3 is 2.26 bits per heavy atom. The van der Waals surface area contributed by atoms with Gasteiger partial charge in [0.15, 0.2) is 6.29 Å². The third-order valence-corrected chi connectivity index (χ3v) is 3.10. The van der Waals surface area contributed by atoms with Crippen molar-refractivity contribution < 1.29 is 14.3 Å². The molecule has 0 aliphatic carbocycles. The molecule has 0 spiro atoms. The van der Waals surface area contributed by atoms with Gasteiger partial charge >= 0.3 is 0 Å². The monoisotopic (exact) mass is 274 g/mol. The highest BCUT2D eigenvalue weighted by Gasteiger charge is 2.12. The van der Waals surface area contributed by atoms with Crippen molar-refractivity contribution in [2.45, 2.75) is 52.7 Å². The Morgan fingerprint density at radius 1 is 1.16 bits per heavy atom. The summed E-state index contributed by atoms with van der Waals surface area (Å²) in [6, 6.07) is 0. The molecule has 0 rings (SSSR count). The molecule has 0 saturated heterocycles. The van der Waals surface area contributed by atoms with Gasteiger partial charge in [0, 0.05) is 19.6 Å². The molecule has 0 aromatic heterocycles. The van der Waals surface area contributed by atoms with Crippen LogP contribution in [0.1, 0.15) is 46.5 Å². The molecular formula is C14H30N2O3. The minimum Gasteiger partial charge on any atom is -0.351 e. The second-order valence-corrected chi connectivity index (χ2v) is 4.53. The smallest absolute Gasteiger partial charge is 0.220 e. The van der Waals surface area contributed by atoms with Crippen molar-refractivity contribution in [3.8, 4) is 0 Å². The van der Waals surface area contributed by atoms with E-state index in [0.29, 0.717) is 38.6 Å². The lowest BCUT2D eigenvalue weighted by molar-refractivity contribution is -0.140. The molecule has 114 valence electrons. The third-order valence-electron chi connectivity index (χ3n) is 3.10. The van der Waals surface area contributed by atoms with Gasteiger partial charge in [-0.3, -0.25) is 4.79 Å². The summed E-state index contributed by atoms with van der Waals surface area (Å²) in [5, 5.41) is 2.85. The first-order valence-electron chi connectivity index (χ1n) is 7.37. The summed E-state index contributed by atoms with van der Waals surface area (Å²) < 4.78 is 10.7. The zero-order chi connectivity index (χ0) is 14.5. The van der Waals surface area contributed by atoms with Crippen molar-refractivity contribution in [2.75, 3.05) is 26.3 Å². The van der Waals surface area contributed by atoms with Crippen LogP contribution in [0.5, 0.6) is 0 Å². The second kappa shape index (κ2) is 12.4. The first-order chi connectivity index (χ1) is 9.17. The van der Waals surface area contributed by atoms with E-state index >= 15 is 0 Å². The van der Waals surface area contributed by atoms with E-state index in [9.17, 15) is 4.79 Å². The largest absolute Gasteiger partial charge is 0.351 e. The molecule has 0 bridgehead atoms. The molecule has 0 aromatic carbocycles. The summed E-state index contributed by atoms with van der Waals surface area (Å²) in [4.78, 5) is 11.7. The summed E-state index contributed by atoms with van der Waals surface area (Å²) in [7, 11) is 0. The topological polar surface area (TPSA) is 73.6 Å². The predicted molar refractivity (Wildman–Crippen MR) is 76.7 cm³/mol. The van der Waals surface area contributed by atoms with Crippen LogP contribution in [0.2, 0.25) is 0 Å². The number of nitrogens with two attached hydrogens (primary N) is 1. The van der Waals surface area contributed by atoms with Crippen molar-refractivity contribution in [3.05, 3.63) is 0 Å². The van der Waals surface area contributed by atoms with Gasteiger partial charge in [0.1, 0.15) is 0 Å². The Kier molecular flexibility index (Phi) is 12.0. The molecule has 1 unspecified atom stereocenters. The zero-order valence-electron chi connectivity index (χ0n) is 12.6. The number of hydrogen-bond donors (Lipinski definition) is 2. The van der Waals surface area contributed by atoms with E-state index < -0.39 is 0 Å². The van der Waals surface area contributed by atoms with Crippen LogP contribution in [0, 0.1) is 5.92 Å². The molecule has 0 heterocycles. The summed E-state index contributed by atoms with van der Waals surface area (Å²) in [6.45, 7) is 8.21. The second-order valence-electron chi connectivity index (χ2n) is 4.53. The Hall–Kier alpha value is -0.650. The highest BCUT2D eigenvalue weighted by Crippen LogP contribution is 2.14. The average Bonchev–Trinajstić information content (AvgIpc) is 2.41. The van der Waals surface area contributed by atoms with E-state index in [1.807, 2.05) is 13.8 Å². The number of hydrogen-bond acceptors (Lipinski definition) is 4. The molecule has 0 radical (unpaired) electrons. The van der Waals surface area contributed by atoms with E-state index in [-0.39, 0.29) is 12.2 Å². The fraction of sp³-hybridized carbons (Fsp3) is 0.929. The molecule has 5 heteroatoms. The summed E-state index contributed by atoms with van der Waals surface area (Å²) in [5.41, 5.74) is 5.54. The van der Waals surface area contributed by atoms with Crippen LogP contribution in [0.25, 0.3) is 0 Å². The van der Waals surface area contributed by atoms with Crippen molar-refractivity contribution >= 4 is 5.91 Å². The Bertz CT molecular complexity index is 219. The molecule has 19 heavy (non-hydrogen) atoms. The van der Waals surface area contributed by atoms with Crippen LogP contribution in [0.3, 0.4) is 0 Å². The molecule has 5 nitrogen and oxygen atoms in total. The van der Waals surface area contributed by atoms with Crippen molar-refractivity contribution in [3.63, 3.8) is 0 Å². The van der Waals surface area contributed by atoms with E-state index in [4.69, 9.17) is 15.2 Å². The molecular weight excluding hydrogens is 244 g/mol. The number of nitrogens with one attached hydrogen (secondary N) is 1. The standard InChI is InChI=1S/C14H30N2O3/c1-4-12(9-10-15)7-8-13(17)16-11-14(18-5-2)19-6-3/h12,14H,4-11,15H2,1-3H3,(H,16,17). The maximum absolute atomic E-state index is 11.7. The van der Waals surface area contributed by atoms with Gasteiger partial charge in [-0.05, 0) is 39.2 Å². The van der Waals surface area contributed by atoms with Gasteiger partial charge in [-0.1, -0.05) is 13.3 Å². The third kappa shape index (κ3) is 9.87. The van der Waals surface area contributed by atoms with Crippen LogP contribution >= 0.6 is 0 Å². The van der Waals surface area contributed by atoms with Crippen molar-refractivity contribution in [1.82, 2.24) is 5.32 Å². The Balaban J connectivity index is 3.83. The van der Waals surface area contributed by atoms with E-state index in [0.717, 1.165) is 19.3 Å². The normalized spacial score (nSPS) is 12.7. The molecule has 0 aliphatic heterocycles. The lowest BCUT2D eigenvalue weighted by Gasteiger charge is -2.18. The van der Waals surface area contributed by atoms with Gasteiger partial charge in [-0.15, -0.1) is 0 Å². The number of ether oxygens (including phenoxy) is 2. The van der Waals surface area contributed by atoms with Crippen molar-refractivity contribution in [2.24, 2.45) is 11.7 Å². The molecule has 1 atom stereocenters. The lowest BCUT2D eigenvalue weighted by atomic mass is 9.96.